The second-order valence-electron chi connectivity index (χ2n) is 5.93. The Hall–Kier alpha value is -1.78. The maximum atomic E-state index is 12.1. The van der Waals surface area contributed by atoms with Crippen molar-refractivity contribution in [3.05, 3.63) is 34.3 Å². The summed E-state index contributed by atoms with van der Waals surface area (Å²) in [6.45, 7) is 6.42. The van der Waals surface area contributed by atoms with Gasteiger partial charge in [0.2, 0.25) is 0 Å². The van der Waals surface area contributed by atoms with E-state index in [4.69, 9.17) is 9.59 Å². The highest BCUT2D eigenvalue weighted by molar-refractivity contribution is 9.10. The van der Waals surface area contributed by atoms with Crippen molar-refractivity contribution >= 4 is 35.4 Å². The van der Waals surface area contributed by atoms with Crippen LogP contribution in [0.3, 0.4) is 0 Å². The van der Waals surface area contributed by atoms with E-state index in [1.54, 1.807) is 17.4 Å². The molecule has 1 aliphatic rings. The van der Waals surface area contributed by atoms with Crippen LogP contribution < -0.4 is 10.6 Å². The van der Waals surface area contributed by atoms with E-state index < -0.39 is 6.30 Å². The van der Waals surface area contributed by atoms with E-state index in [0.717, 1.165) is 30.4 Å². The molecule has 10 heteroatoms. The number of likely N-dealkylation sites (tertiary alicyclic amines) is 1. The van der Waals surface area contributed by atoms with Gasteiger partial charge in [0.15, 0.2) is 0 Å². The smallest absolute Gasteiger partial charge is 0.352 e. The first-order valence-electron chi connectivity index (χ1n) is 8.49. The summed E-state index contributed by atoms with van der Waals surface area (Å²) in [7, 11) is 0. The number of benzene rings is 1. The fourth-order valence-electron chi connectivity index (χ4n) is 2.74. The minimum atomic E-state index is -4.31. The lowest BCUT2D eigenvalue weighted by molar-refractivity contribution is -0.157. The molecule has 6 nitrogen and oxygen atoms in total. The Morgan fingerprint density at radius 3 is 2.32 bits per heavy atom. The van der Waals surface area contributed by atoms with Gasteiger partial charge in [-0.3, -0.25) is 4.79 Å². The van der Waals surface area contributed by atoms with Gasteiger partial charge in [-0.1, -0.05) is 22.0 Å². The molecule has 0 radical (unpaired) electrons. The van der Waals surface area contributed by atoms with E-state index in [0.29, 0.717) is 24.6 Å². The number of rotatable bonds is 6. The highest BCUT2D eigenvalue weighted by Gasteiger charge is 2.26. The van der Waals surface area contributed by atoms with E-state index >= 15 is 0 Å². The van der Waals surface area contributed by atoms with Crippen LogP contribution in [-0.2, 0) is 9.59 Å². The first-order valence-corrected chi connectivity index (χ1v) is 9.28. The zero-order valence-corrected chi connectivity index (χ0v) is 17.0. The van der Waals surface area contributed by atoms with E-state index in [9.17, 15) is 18.0 Å². The van der Waals surface area contributed by atoms with Crippen LogP contribution in [0.1, 0.15) is 23.2 Å². The van der Waals surface area contributed by atoms with Gasteiger partial charge in [0.1, 0.15) is 13.6 Å². The zero-order chi connectivity index (χ0) is 21.6. The molecular weight excluding hydrogens is 443 g/mol. The van der Waals surface area contributed by atoms with E-state index in [2.05, 4.69) is 21.2 Å². The molecule has 1 heterocycles. The Bertz CT molecular complexity index is 581. The summed E-state index contributed by atoms with van der Waals surface area (Å²) in [5.41, 5.74) is 0.611. The number of hydrogen-bond acceptors (Lipinski definition) is 5. The van der Waals surface area contributed by atoms with E-state index in [-0.39, 0.29) is 12.5 Å². The molecule has 1 aliphatic heterocycles. The van der Waals surface area contributed by atoms with Crippen LogP contribution in [0.4, 0.5) is 13.2 Å². The lowest BCUT2D eigenvalue weighted by atomic mass is 9.96. The van der Waals surface area contributed by atoms with Gasteiger partial charge in [-0.15, -0.1) is 0 Å². The molecule has 1 aromatic rings. The van der Waals surface area contributed by atoms with Crippen LogP contribution in [0.25, 0.3) is 0 Å². The SMILES string of the molecule is C=O.C=O.O=C(NCC1CCN(CCNC(F)(F)F)CC1)c1cccc(Br)c1. The summed E-state index contributed by atoms with van der Waals surface area (Å²) in [6.07, 6.45) is -2.55. The molecule has 2 rings (SSSR count). The fourth-order valence-corrected chi connectivity index (χ4v) is 3.14. The summed E-state index contributed by atoms with van der Waals surface area (Å²) < 4.78 is 37.0. The highest BCUT2D eigenvalue weighted by atomic mass is 79.9. The second-order valence-corrected chi connectivity index (χ2v) is 6.85. The molecule has 0 saturated carbocycles. The molecule has 1 saturated heterocycles. The van der Waals surface area contributed by atoms with Crippen LogP contribution in [0.15, 0.2) is 28.7 Å². The van der Waals surface area contributed by atoms with Gasteiger partial charge < -0.3 is 19.8 Å². The van der Waals surface area contributed by atoms with Crippen molar-refractivity contribution in [1.82, 2.24) is 15.5 Å². The Balaban J connectivity index is 0.00000171. The van der Waals surface area contributed by atoms with Crippen molar-refractivity contribution in [3.63, 3.8) is 0 Å². The molecule has 158 valence electrons. The van der Waals surface area contributed by atoms with Gasteiger partial charge in [0, 0.05) is 29.7 Å². The molecule has 0 aromatic heterocycles. The van der Waals surface area contributed by atoms with E-state index in [1.165, 1.54) is 0 Å². The third-order valence-corrected chi connectivity index (χ3v) is 4.59. The van der Waals surface area contributed by atoms with Crippen LogP contribution in [0.5, 0.6) is 0 Å². The van der Waals surface area contributed by atoms with Gasteiger partial charge in [-0.25, -0.2) is 5.32 Å². The molecule has 0 unspecified atom stereocenters. The molecular formula is C18H25BrF3N3O3. The number of piperidine rings is 1. The quantitative estimate of drug-likeness (QED) is 0.628. The maximum Gasteiger partial charge on any atom is 0.457 e. The third-order valence-electron chi connectivity index (χ3n) is 4.10. The Morgan fingerprint density at radius 2 is 1.79 bits per heavy atom. The number of halogens is 4. The summed E-state index contributed by atoms with van der Waals surface area (Å²) in [6, 6.07) is 7.20. The van der Waals surface area contributed by atoms with Crippen LogP contribution >= 0.6 is 15.9 Å². The average molecular weight is 468 g/mol. The molecule has 0 aliphatic carbocycles. The largest absolute Gasteiger partial charge is 0.457 e. The number of amides is 1. The third kappa shape index (κ3) is 11.2. The molecule has 0 bridgehead atoms. The fraction of sp³-hybridized carbons (Fsp3) is 0.500. The number of nitrogens with one attached hydrogen (secondary N) is 2. The van der Waals surface area contributed by atoms with Crippen LogP contribution in [-0.4, -0.2) is 63.4 Å². The summed E-state index contributed by atoms with van der Waals surface area (Å²) in [5.74, 6) is 0.265. The molecule has 1 fully saturated rings. The molecule has 28 heavy (non-hydrogen) atoms. The van der Waals surface area contributed by atoms with Crippen LogP contribution in [0, 0.1) is 5.92 Å². The topological polar surface area (TPSA) is 78.5 Å². The van der Waals surface area contributed by atoms with Gasteiger partial charge in [0.05, 0.1) is 0 Å². The predicted octanol–water partition coefficient (Wildman–Crippen LogP) is 2.63. The summed E-state index contributed by atoms with van der Waals surface area (Å²) in [4.78, 5) is 30.1. The monoisotopic (exact) mass is 467 g/mol. The number of carbonyl (C=O) groups is 3. The van der Waals surface area contributed by atoms with Crippen molar-refractivity contribution in [2.24, 2.45) is 5.92 Å². The average Bonchev–Trinajstić information content (AvgIpc) is 2.69. The molecule has 1 amide bonds. The normalized spacial score (nSPS) is 14.9. The number of carbonyl (C=O) groups excluding carboxylic acids is 3. The number of alkyl halides is 3. The standard InChI is InChI=1S/C16H21BrF3N3O.2CH2O/c17-14-3-1-2-13(10-14)15(24)21-11-12-4-7-23(8-5-12)9-6-22-16(18,19)20;2*1-2/h1-3,10,12,22H,4-9,11H2,(H,21,24);2*1H2. The molecule has 0 spiro atoms. The number of nitrogens with zero attached hydrogens (tertiary/aromatic N) is 1. The van der Waals surface area contributed by atoms with E-state index in [1.807, 2.05) is 30.6 Å². The molecule has 1 aromatic carbocycles. The van der Waals surface area contributed by atoms with Crippen molar-refractivity contribution in [2.75, 3.05) is 32.7 Å². The van der Waals surface area contributed by atoms with Crippen molar-refractivity contribution in [3.8, 4) is 0 Å². The van der Waals surface area contributed by atoms with Crippen molar-refractivity contribution in [2.45, 2.75) is 19.1 Å². The first-order chi connectivity index (χ1) is 13.3. The van der Waals surface area contributed by atoms with Gasteiger partial charge in [-0.05, 0) is 50.0 Å². The molecule has 0 atom stereocenters. The zero-order valence-electron chi connectivity index (χ0n) is 15.4. The lowest BCUT2D eigenvalue weighted by Crippen LogP contribution is -2.43. The second kappa shape index (κ2) is 14.3. The summed E-state index contributed by atoms with van der Waals surface area (Å²) >= 11 is 3.34. The van der Waals surface area contributed by atoms with Gasteiger partial charge in [0.25, 0.3) is 5.91 Å². The minimum absolute atomic E-state index is 0.0895. The predicted molar refractivity (Wildman–Crippen MR) is 104 cm³/mol. The Kier molecular flexibility index (Phi) is 13.3. The first kappa shape index (κ1) is 26.2. The van der Waals surface area contributed by atoms with Crippen LogP contribution in [0.2, 0.25) is 0 Å². The van der Waals surface area contributed by atoms with Gasteiger partial charge >= 0.3 is 6.30 Å². The maximum absolute atomic E-state index is 12.1. The lowest BCUT2D eigenvalue weighted by Gasteiger charge is -2.32. The minimum Gasteiger partial charge on any atom is -0.352 e. The van der Waals surface area contributed by atoms with Crippen molar-refractivity contribution < 1.29 is 27.6 Å². The van der Waals surface area contributed by atoms with Crippen molar-refractivity contribution in [1.29, 1.82) is 0 Å². The number of hydrogen-bond donors (Lipinski definition) is 2. The Labute approximate surface area is 171 Å². The molecule has 2 N–H and O–H groups in total. The summed E-state index contributed by atoms with van der Waals surface area (Å²) in [5, 5.41) is 4.48. The Morgan fingerprint density at radius 1 is 1.18 bits per heavy atom. The highest BCUT2D eigenvalue weighted by Crippen LogP contribution is 2.17. The van der Waals surface area contributed by atoms with Gasteiger partial charge in [-0.2, -0.15) is 13.2 Å².